The molecule has 1 aromatic rings. The van der Waals surface area contributed by atoms with Crippen molar-refractivity contribution in [2.75, 3.05) is 0 Å². The highest BCUT2D eigenvalue weighted by Gasteiger charge is 2.30. The molecule has 0 aromatic heterocycles. The summed E-state index contributed by atoms with van der Waals surface area (Å²) in [6.45, 7) is 5.17. The van der Waals surface area contributed by atoms with Crippen LogP contribution in [0, 0.1) is 11.8 Å². The molecule has 1 aromatic carbocycles. The summed E-state index contributed by atoms with van der Waals surface area (Å²) < 4.78 is 37.4. The predicted molar refractivity (Wildman–Crippen MR) is 74.3 cm³/mol. The lowest BCUT2D eigenvalue weighted by Crippen LogP contribution is -2.35. The highest BCUT2D eigenvalue weighted by Crippen LogP contribution is 2.30. The van der Waals surface area contributed by atoms with E-state index in [0.29, 0.717) is 12.6 Å². The Labute approximate surface area is 118 Å². The molecule has 1 aliphatic rings. The molecule has 1 fully saturated rings. The van der Waals surface area contributed by atoms with Gasteiger partial charge < -0.3 is 5.32 Å². The average molecular weight is 285 g/mol. The van der Waals surface area contributed by atoms with Gasteiger partial charge in [0.1, 0.15) is 0 Å². The van der Waals surface area contributed by atoms with Gasteiger partial charge in [0, 0.05) is 12.6 Å². The Balaban J connectivity index is 1.88. The van der Waals surface area contributed by atoms with Crippen molar-refractivity contribution in [3.63, 3.8) is 0 Å². The monoisotopic (exact) mass is 285 g/mol. The second kappa shape index (κ2) is 6.17. The minimum absolute atomic E-state index is 0.482. The molecular weight excluding hydrogens is 263 g/mol. The van der Waals surface area contributed by atoms with Crippen LogP contribution in [0.5, 0.6) is 0 Å². The Kier molecular flexibility index (Phi) is 4.74. The topological polar surface area (TPSA) is 12.0 Å². The molecule has 4 heteroatoms. The van der Waals surface area contributed by atoms with Crippen LogP contribution in [-0.2, 0) is 12.7 Å². The quantitative estimate of drug-likeness (QED) is 0.854. The third kappa shape index (κ3) is 4.23. The van der Waals surface area contributed by atoms with Gasteiger partial charge in [-0.3, -0.25) is 0 Å². The number of alkyl halides is 3. The molecular formula is C16H22F3N. The number of rotatable bonds is 3. The standard InChI is InChI=1S/C16H22F3N/c1-11-7-12(2)9-15(8-11)20-10-13-3-5-14(6-4-13)16(17,18)19/h3-6,11-12,15,20H,7-10H2,1-2H3. The second-order valence-electron chi connectivity index (χ2n) is 6.19. The molecule has 0 spiro atoms. The Bertz CT molecular complexity index is 414. The number of halogens is 3. The van der Waals surface area contributed by atoms with Gasteiger partial charge >= 0.3 is 6.18 Å². The predicted octanol–water partition coefficient (Wildman–Crippen LogP) is 4.62. The van der Waals surface area contributed by atoms with E-state index < -0.39 is 11.7 Å². The van der Waals surface area contributed by atoms with Gasteiger partial charge in [-0.15, -0.1) is 0 Å². The fourth-order valence-corrected chi connectivity index (χ4v) is 3.19. The first-order valence-electron chi connectivity index (χ1n) is 7.24. The maximum Gasteiger partial charge on any atom is 0.416 e. The molecule has 2 rings (SSSR count). The van der Waals surface area contributed by atoms with E-state index in [1.165, 1.54) is 6.42 Å². The smallest absolute Gasteiger partial charge is 0.310 e. The largest absolute Gasteiger partial charge is 0.416 e. The molecule has 0 radical (unpaired) electrons. The highest BCUT2D eigenvalue weighted by molar-refractivity contribution is 5.24. The van der Waals surface area contributed by atoms with Gasteiger partial charge in [-0.2, -0.15) is 13.2 Å². The summed E-state index contributed by atoms with van der Waals surface area (Å²) in [5.74, 6) is 1.45. The van der Waals surface area contributed by atoms with Crippen molar-refractivity contribution < 1.29 is 13.2 Å². The molecule has 0 heterocycles. The summed E-state index contributed by atoms with van der Waals surface area (Å²) in [7, 11) is 0. The van der Waals surface area contributed by atoms with E-state index in [2.05, 4.69) is 19.2 Å². The summed E-state index contributed by atoms with van der Waals surface area (Å²) in [5, 5.41) is 3.48. The third-order valence-corrected chi connectivity index (χ3v) is 4.05. The van der Waals surface area contributed by atoms with Crippen molar-refractivity contribution in [1.29, 1.82) is 0 Å². The molecule has 0 saturated heterocycles. The molecule has 112 valence electrons. The molecule has 1 nitrogen and oxygen atoms in total. The van der Waals surface area contributed by atoms with Crippen LogP contribution in [0.1, 0.15) is 44.2 Å². The van der Waals surface area contributed by atoms with Crippen LogP contribution >= 0.6 is 0 Å². The molecule has 0 aliphatic heterocycles. The number of nitrogens with one attached hydrogen (secondary N) is 1. The van der Waals surface area contributed by atoms with Crippen molar-refractivity contribution in [3.05, 3.63) is 35.4 Å². The Hall–Kier alpha value is -1.03. The summed E-state index contributed by atoms with van der Waals surface area (Å²) in [5.41, 5.74) is 0.324. The maximum atomic E-state index is 12.5. The molecule has 1 N–H and O–H groups in total. The lowest BCUT2D eigenvalue weighted by molar-refractivity contribution is -0.137. The average Bonchev–Trinajstić information content (AvgIpc) is 2.35. The van der Waals surface area contributed by atoms with Gasteiger partial charge in [-0.05, 0) is 48.8 Å². The van der Waals surface area contributed by atoms with Crippen LogP contribution in [0.15, 0.2) is 24.3 Å². The normalized spacial score (nSPS) is 27.6. The highest BCUT2D eigenvalue weighted by atomic mass is 19.4. The summed E-state index contributed by atoms with van der Waals surface area (Å²) in [6, 6.07) is 5.92. The molecule has 2 atom stereocenters. The first-order chi connectivity index (χ1) is 9.34. The van der Waals surface area contributed by atoms with E-state index >= 15 is 0 Å². The molecule has 0 amide bonds. The minimum Gasteiger partial charge on any atom is -0.310 e. The van der Waals surface area contributed by atoms with Crippen molar-refractivity contribution in [3.8, 4) is 0 Å². The molecule has 0 bridgehead atoms. The van der Waals surface area contributed by atoms with E-state index in [-0.39, 0.29) is 0 Å². The third-order valence-electron chi connectivity index (χ3n) is 4.05. The van der Waals surface area contributed by atoms with Gasteiger partial charge in [-0.1, -0.05) is 26.0 Å². The van der Waals surface area contributed by atoms with E-state index in [9.17, 15) is 13.2 Å². The zero-order valence-corrected chi connectivity index (χ0v) is 12.0. The van der Waals surface area contributed by atoms with Crippen LogP contribution < -0.4 is 5.32 Å². The van der Waals surface area contributed by atoms with Crippen LogP contribution in [0.2, 0.25) is 0 Å². The van der Waals surface area contributed by atoms with Crippen LogP contribution in [0.4, 0.5) is 13.2 Å². The molecule has 1 aliphatic carbocycles. The van der Waals surface area contributed by atoms with E-state index in [4.69, 9.17) is 0 Å². The first-order valence-corrected chi connectivity index (χ1v) is 7.24. The lowest BCUT2D eigenvalue weighted by atomic mass is 9.80. The SMILES string of the molecule is CC1CC(C)CC(NCc2ccc(C(F)(F)F)cc2)C1. The van der Waals surface area contributed by atoms with Gasteiger partial charge in [0.2, 0.25) is 0 Å². The summed E-state index contributed by atoms with van der Waals surface area (Å²) in [6.07, 6.45) is -0.658. The van der Waals surface area contributed by atoms with E-state index in [1.807, 2.05) is 0 Å². The zero-order chi connectivity index (χ0) is 14.8. The molecule has 1 saturated carbocycles. The zero-order valence-electron chi connectivity index (χ0n) is 12.0. The summed E-state index contributed by atoms with van der Waals surface area (Å²) in [4.78, 5) is 0. The van der Waals surface area contributed by atoms with Crippen molar-refractivity contribution in [1.82, 2.24) is 5.32 Å². The first kappa shape index (κ1) is 15.4. The number of hydrogen-bond donors (Lipinski definition) is 1. The summed E-state index contributed by atoms with van der Waals surface area (Å²) >= 11 is 0. The van der Waals surface area contributed by atoms with Gasteiger partial charge in [0.15, 0.2) is 0 Å². The number of hydrogen-bond acceptors (Lipinski definition) is 1. The Morgan fingerprint density at radius 3 is 2.05 bits per heavy atom. The van der Waals surface area contributed by atoms with Crippen molar-refractivity contribution >= 4 is 0 Å². The van der Waals surface area contributed by atoms with Gasteiger partial charge in [-0.25, -0.2) is 0 Å². The van der Waals surface area contributed by atoms with Crippen LogP contribution in [-0.4, -0.2) is 6.04 Å². The fourth-order valence-electron chi connectivity index (χ4n) is 3.19. The van der Waals surface area contributed by atoms with Crippen molar-refractivity contribution in [2.24, 2.45) is 11.8 Å². The van der Waals surface area contributed by atoms with E-state index in [0.717, 1.165) is 42.4 Å². The second-order valence-corrected chi connectivity index (χ2v) is 6.19. The Morgan fingerprint density at radius 2 is 1.55 bits per heavy atom. The van der Waals surface area contributed by atoms with Gasteiger partial charge in [0.25, 0.3) is 0 Å². The maximum absolute atomic E-state index is 12.5. The number of benzene rings is 1. The van der Waals surface area contributed by atoms with E-state index in [1.54, 1.807) is 12.1 Å². The van der Waals surface area contributed by atoms with Crippen LogP contribution in [0.3, 0.4) is 0 Å². The van der Waals surface area contributed by atoms with Crippen LogP contribution in [0.25, 0.3) is 0 Å². The lowest BCUT2D eigenvalue weighted by Gasteiger charge is -2.32. The molecule has 20 heavy (non-hydrogen) atoms. The fraction of sp³-hybridized carbons (Fsp3) is 0.625. The van der Waals surface area contributed by atoms with Crippen molar-refractivity contribution in [2.45, 2.75) is 51.9 Å². The minimum atomic E-state index is -4.25. The van der Waals surface area contributed by atoms with Gasteiger partial charge in [0.05, 0.1) is 5.56 Å². The molecule has 2 unspecified atom stereocenters. The Morgan fingerprint density at radius 1 is 1.00 bits per heavy atom.